The van der Waals surface area contributed by atoms with Gasteiger partial charge in [-0.3, -0.25) is 4.79 Å². The van der Waals surface area contributed by atoms with Crippen molar-refractivity contribution in [2.24, 2.45) is 5.92 Å². The monoisotopic (exact) mass is 212 g/mol. The third kappa shape index (κ3) is 5.19. The first-order valence-electron chi connectivity index (χ1n) is 6.46. The van der Waals surface area contributed by atoms with Crippen molar-refractivity contribution in [1.82, 2.24) is 0 Å². The highest BCUT2D eigenvalue weighted by atomic mass is 16.5. The van der Waals surface area contributed by atoms with Crippen molar-refractivity contribution >= 4 is 6.47 Å². The lowest BCUT2D eigenvalue weighted by Crippen LogP contribution is -2.21. The van der Waals surface area contributed by atoms with E-state index in [9.17, 15) is 4.79 Å². The smallest absolute Gasteiger partial charge is 0.293 e. The summed E-state index contributed by atoms with van der Waals surface area (Å²) in [4.78, 5) is 10.2. The maximum Gasteiger partial charge on any atom is 0.293 e. The highest BCUT2D eigenvalue weighted by molar-refractivity contribution is 5.37. The number of unbranched alkanes of at least 4 members (excludes halogenated alkanes) is 3. The van der Waals surface area contributed by atoms with Gasteiger partial charge in [0.1, 0.15) is 6.10 Å². The molecule has 0 saturated heterocycles. The lowest BCUT2D eigenvalue weighted by atomic mass is 9.84. The topological polar surface area (TPSA) is 26.3 Å². The Morgan fingerprint density at radius 1 is 1.13 bits per heavy atom. The number of carbonyl (C=O) groups excluding carboxylic acids is 1. The number of rotatable bonds is 7. The Hall–Kier alpha value is -0.530. The third-order valence-electron chi connectivity index (χ3n) is 3.51. The van der Waals surface area contributed by atoms with Gasteiger partial charge in [-0.05, 0) is 31.6 Å². The summed E-state index contributed by atoms with van der Waals surface area (Å²) in [6.07, 6.45) is 11.7. The number of hydrogen-bond donors (Lipinski definition) is 0. The minimum atomic E-state index is 0.217. The van der Waals surface area contributed by atoms with Gasteiger partial charge in [-0.2, -0.15) is 0 Å². The largest absolute Gasteiger partial charge is 0.465 e. The Balaban J connectivity index is 2.01. The van der Waals surface area contributed by atoms with Crippen molar-refractivity contribution < 1.29 is 9.53 Å². The first kappa shape index (κ1) is 12.5. The first-order valence-corrected chi connectivity index (χ1v) is 6.46. The molecule has 88 valence electrons. The molecule has 0 radical (unpaired) electrons. The Morgan fingerprint density at radius 3 is 2.47 bits per heavy atom. The average molecular weight is 212 g/mol. The van der Waals surface area contributed by atoms with E-state index in [2.05, 4.69) is 6.92 Å². The van der Waals surface area contributed by atoms with Gasteiger partial charge >= 0.3 is 0 Å². The van der Waals surface area contributed by atoms with Crippen LogP contribution in [-0.2, 0) is 9.53 Å². The highest BCUT2D eigenvalue weighted by Crippen LogP contribution is 2.29. The van der Waals surface area contributed by atoms with Gasteiger partial charge in [0.15, 0.2) is 0 Å². The molecule has 1 fully saturated rings. The van der Waals surface area contributed by atoms with Crippen molar-refractivity contribution in [3.63, 3.8) is 0 Å². The Labute approximate surface area is 93.4 Å². The van der Waals surface area contributed by atoms with Crippen molar-refractivity contribution in [3.05, 3.63) is 0 Å². The number of carbonyl (C=O) groups is 1. The van der Waals surface area contributed by atoms with E-state index in [0.29, 0.717) is 6.47 Å². The van der Waals surface area contributed by atoms with E-state index >= 15 is 0 Å². The van der Waals surface area contributed by atoms with Gasteiger partial charge in [-0.15, -0.1) is 0 Å². The van der Waals surface area contributed by atoms with Gasteiger partial charge in [0, 0.05) is 0 Å². The molecule has 0 N–H and O–H groups in total. The van der Waals surface area contributed by atoms with Crippen LogP contribution < -0.4 is 0 Å². The molecule has 0 heterocycles. The molecule has 1 saturated carbocycles. The minimum Gasteiger partial charge on any atom is -0.465 e. The molecule has 0 aromatic rings. The molecule has 0 bridgehead atoms. The summed E-state index contributed by atoms with van der Waals surface area (Å²) >= 11 is 0. The van der Waals surface area contributed by atoms with Gasteiger partial charge in [-0.25, -0.2) is 0 Å². The molecule has 2 nitrogen and oxygen atoms in total. The van der Waals surface area contributed by atoms with E-state index in [1.165, 1.54) is 44.9 Å². The van der Waals surface area contributed by atoms with Gasteiger partial charge in [0.05, 0.1) is 0 Å². The molecule has 0 aromatic heterocycles. The quantitative estimate of drug-likeness (QED) is 0.475. The summed E-state index contributed by atoms with van der Waals surface area (Å²) in [7, 11) is 0. The lowest BCUT2D eigenvalue weighted by Gasteiger charge is -2.27. The molecule has 0 atom stereocenters. The van der Waals surface area contributed by atoms with Crippen LogP contribution in [-0.4, -0.2) is 12.6 Å². The zero-order valence-corrected chi connectivity index (χ0v) is 9.91. The molecule has 1 rings (SSSR count). The molecule has 0 amide bonds. The van der Waals surface area contributed by atoms with Gasteiger partial charge in [0.25, 0.3) is 6.47 Å². The molecular weight excluding hydrogens is 188 g/mol. The maximum absolute atomic E-state index is 10.2. The second kappa shape index (κ2) is 7.72. The van der Waals surface area contributed by atoms with Crippen LogP contribution in [0.4, 0.5) is 0 Å². The summed E-state index contributed by atoms with van der Waals surface area (Å²) in [5.74, 6) is 0.897. The molecule has 0 aromatic carbocycles. The third-order valence-corrected chi connectivity index (χ3v) is 3.51. The lowest BCUT2D eigenvalue weighted by molar-refractivity contribution is -0.135. The fourth-order valence-corrected chi connectivity index (χ4v) is 2.49. The summed E-state index contributed by atoms with van der Waals surface area (Å²) < 4.78 is 4.99. The molecule has 1 aliphatic rings. The second-order valence-electron chi connectivity index (χ2n) is 4.72. The van der Waals surface area contributed by atoms with Crippen LogP contribution >= 0.6 is 0 Å². The summed E-state index contributed by atoms with van der Waals surface area (Å²) in [6, 6.07) is 0. The van der Waals surface area contributed by atoms with Crippen LogP contribution in [0.15, 0.2) is 0 Å². The Bertz CT molecular complexity index is 160. The standard InChI is InChI=1S/C13H24O2/c1-2-3-4-5-6-12-7-9-13(10-8-12)15-11-14/h11-13H,2-10H2,1H3. The summed E-state index contributed by atoms with van der Waals surface area (Å²) in [5, 5.41) is 0. The van der Waals surface area contributed by atoms with Gasteiger partial charge in [-0.1, -0.05) is 39.0 Å². The van der Waals surface area contributed by atoms with Crippen LogP contribution in [0.3, 0.4) is 0 Å². The first-order chi connectivity index (χ1) is 7.36. The second-order valence-corrected chi connectivity index (χ2v) is 4.72. The zero-order chi connectivity index (χ0) is 10.9. The summed E-state index contributed by atoms with van der Waals surface area (Å²) in [5.41, 5.74) is 0. The highest BCUT2D eigenvalue weighted by Gasteiger charge is 2.21. The Morgan fingerprint density at radius 2 is 1.87 bits per heavy atom. The molecule has 15 heavy (non-hydrogen) atoms. The number of hydrogen-bond acceptors (Lipinski definition) is 2. The van der Waals surface area contributed by atoms with Crippen molar-refractivity contribution in [2.75, 3.05) is 0 Å². The molecular formula is C13H24O2. The van der Waals surface area contributed by atoms with E-state index in [1.807, 2.05) is 0 Å². The van der Waals surface area contributed by atoms with E-state index in [4.69, 9.17) is 4.74 Å². The van der Waals surface area contributed by atoms with Crippen LogP contribution in [0.25, 0.3) is 0 Å². The van der Waals surface area contributed by atoms with Crippen molar-refractivity contribution in [2.45, 2.75) is 70.8 Å². The molecule has 0 unspecified atom stereocenters. The van der Waals surface area contributed by atoms with Crippen LogP contribution in [0.1, 0.15) is 64.7 Å². The van der Waals surface area contributed by atoms with E-state index in [1.54, 1.807) is 0 Å². The van der Waals surface area contributed by atoms with Crippen LogP contribution in [0.2, 0.25) is 0 Å². The van der Waals surface area contributed by atoms with E-state index in [0.717, 1.165) is 18.8 Å². The van der Waals surface area contributed by atoms with E-state index in [-0.39, 0.29) is 6.10 Å². The molecule has 1 aliphatic carbocycles. The molecule has 2 heteroatoms. The van der Waals surface area contributed by atoms with Crippen molar-refractivity contribution in [1.29, 1.82) is 0 Å². The van der Waals surface area contributed by atoms with Crippen LogP contribution in [0.5, 0.6) is 0 Å². The van der Waals surface area contributed by atoms with E-state index < -0.39 is 0 Å². The predicted octanol–water partition coefficient (Wildman–Crippen LogP) is 3.69. The van der Waals surface area contributed by atoms with Crippen LogP contribution in [0, 0.1) is 5.92 Å². The zero-order valence-electron chi connectivity index (χ0n) is 9.91. The fraction of sp³-hybridized carbons (Fsp3) is 0.923. The normalized spacial score (nSPS) is 26.2. The predicted molar refractivity (Wildman–Crippen MR) is 61.7 cm³/mol. The average Bonchev–Trinajstić information content (AvgIpc) is 2.27. The summed E-state index contributed by atoms with van der Waals surface area (Å²) in [6.45, 7) is 2.86. The fourth-order valence-electron chi connectivity index (χ4n) is 2.49. The minimum absolute atomic E-state index is 0.217. The SMILES string of the molecule is CCCCCCC1CCC(OC=O)CC1. The van der Waals surface area contributed by atoms with Gasteiger partial charge in [0.2, 0.25) is 0 Å². The maximum atomic E-state index is 10.2. The van der Waals surface area contributed by atoms with Crippen molar-refractivity contribution in [3.8, 4) is 0 Å². The Kier molecular flexibility index (Phi) is 6.45. The van der Waals surface area contributed by atoms with Gasteiger partial charge < -0.3 is 4.74 Å². The molecule has 0 spiro atoms. The molecule has 0 aliphatic heterocycles. The number of ether oxygens (including phenoxy) is 1.